The fraction of sp³-hybridized carbons (Fsp3) is 0.118. The van der Waals surface area contributed by atoms with Crippen LogP contribution in [0.2, 0.25) is 5.02 Å². The first kappa shape index (κ1) is 14.6. The van der Waals surface area contributed by atoms with Crippen molar-refractivity contribution in [3.63, 3.8) is 0 Å². The smallest absolute Gasteiger partial charge is 0.224 e. The van der Waals surface area contributed by atoms with E-state index in [0.717, 1.165) is 16.5 Å². The van der Waals surface area contributed by atoms with Crippen molar-refractivity contribution in [3.05, 3.63) is 70.6 Å². The number of benzene rings is 2. The van der Waals surface area contributed by atoms with Gasteiger partial charge in [0.1, 0.15) is 5.82 Å². The summed E-state index contributed by atoms with van der Waals surface area (Å²) >= 11 is 6.05. The molecule has 5 heteroatoms. The SMILES string of the molecule is O=C(Cc1c[nH]c2cc(F)ccc12)NCc1ccccc1Cl. The summed E-state index contributed by atoms with van der Waals surface area (Å²) in [6, 6.07) is 11.9. The molecule has 0 saturated heterocycles. The molecule has 0 aliphatic rings. The predicted molar refractivity (Wildman–Crippen MR) is 85.3 cm³/mol. The van der Waals surface area contributed by atoms with E-state index in [4.69, 9.17) is 11.6 Å². The topological polar surface area (TPSA) is 44.9 Å². The number of carbonyl (C=O) groups excluding carboxylic acids is 1. The Labute approximate surface area is 132 Å². The van der Waals surface area contributed by atoms with Crippen molar-refractivity contribution >= 4 is 28.4 Å². The number of H-pyrrole nitrogens is 1. The Morgan fingerprint density at radius 2 is 2.00 bits per heavy atom. The lowest BCUT2D eigenvalue weighted by molar-refractivity contribution is -0.120. The first-order chi connectivity index (χ1) is 10.6. The summed E-state index contributed by atoms with van der Waals surface area (Å²) in [5, 5.41) is 4.33. The summed E-state index contributed by atoms with van der Waals surface area (Å²) < 4.78 is 13.1. The van der Waals surface area contributed by atoms with Gasteiger partial charge in [-0.25, -0.2) is 4.39 Å². The van der Waals surface area contributed by atoms with Gasteiger partial charge in [-0.05, 0) is 35.4 Å². The summed E-state index contributed by atoms with van der Waals surface area (Å²) in [6.45, 7) is 0.384. The van der Waals surface area contributed by atoms with Crippen LogP contribution in [0.4, 0.5) is 4.39 Å². The van der Waals surface area contributed by atoms with Crippen LogP contribution in [0.1, 0.15) is 11.1 Å². The lowest BCUT2D eigenvalue weighted by Gasteiger charge is -2.06. The van der Waals surface area contributed by atoms with Gasteiger partial charge in [-0.15, -0.1) is 0 Å². The number of rotatable bonds is 4. The molecule has 0 bridgehead atoms. The van der Waals surface area contributed by atoms with Crippen molar-refractivity contribution < 1.29 is 9.18 Å². The van der Waals surface area contributed by atoms with Crippen LogP contribution in [-0.2, 0) is 17.8 Å². The Kier molecular flexibility index (Phi) is 4.11. The van der Waals surface area contributed by atoms with Gasteiger partial charge in [-0.1, -0.05) is 29.8 Å². The molecule has 112 valence electrons. The van der Waals surface area contributed by atoms with Crippen LogP contribution in [0.25, 0.3) is 10.9 Å². The number of hydrogen-bond acceptors (Lipinski definition) is 1. The van der Waals surface area contributed by atoms with Crippen molar-refractivity contribution in [2.75, 3.05) is 0 Å². The number of amides is 1. The molecule has 0 saturated carbocycles. The number of aromatic nitrogens is 1. The maximum atomic E-state index is 13.1. The van der Waals surface area contributed by atoms with Crippen LogP contribution in [0.5, 0.6) is 0 Å². The monoisotopic (exact) mass is 316 g/mol. The van der Waals surface area contributed by atoms with Crippen molar-refractivity contribution in [1.82, 2.24) is 10.3 Å². The van der Waals surface area contributed by atoms with Crippen LogP contribution in [0, 0.1) is 5.82 Å². The molecule has 3 nitrogen and oxygen atoms in total. The van der Waals surface area contributed by atoms with Crippen molar-refractivity contribution in [2.45, 2.75) is 13.0 Å². The summed E-state index contributed by atoms with van der Waals surface area (Å²) in [6.07, 6.45) is 1.97. The van der Waals surface area contributed by atoms with E-state index < -0.39 is 0 Å². The first-order valence-electron chi connectivity index (χ1n) is 6.89. The standard InChI is InChI=1S/C17H14ClFN2O/c18-15-4-2-1-3-11(15)9-21-17(22)7-12-10-20-16-8-13(19)5-6-14(12)16/h1-6,8,10,20H,7,9H2,(H,21,22). The van der Waals surface area contributed by atoms with E-state index in [-0.39, 0.29) is 18.1 Å². The van der Waals surface area contributed by atoms with Gasteiger partial charge in [0.25, 0.3) is 0 Å². The van der Waals surface area contributed by atoms with E-state index >= 15 is 0 Å². The average molecular weight is 317 g/mol. The van der Waals surface area contributed by atoms with Gasteiger partial charge >= 0.3 is 0 Å². The lowest BCUT2D eigenvalue weighted by Crippen LogP contribution is -2.24. The zero-order chi connectivity index (χ0) is 15.5. The quantitative estimate of drug-likeness (QED) is 0.755. The molecule has 3 rings (SSSR count). The third-order valence-corrected chi connectivity index (χ3v) is 3.88. The van der Waals surface area contributed by atoms with E-state index in [9.17, 15) is 9.18 Å². The number of fused-ring (bicyclic) bond motifs is 1. The minimum absolute atomic E-state index is 0.106. The zero-order valence-corrected chi connectivity index (χ0v) is 12.5. The van der Waals surface area contributed by atoms with Crippen molar-refractivity contribution in [2.24, 2.45) is 0 Å². The van der Waals surface area contributed by atoms with Gasteiger partial charge in [-0.3, -0.25) is 4.79 Å². The number of nitrogens with one attached hydrogen (secondary N) is 2. The van der Waals surface area contributed by atoms with Gasteiger partial charge in [0.15, 0.2) is 0 Å². The van der Waals surface area contributed by atoms with Gasteiger partial charge in [-0.2, -0.15) is 0 Å². The van der Waals surface area contributed by atoms with Gasteiger partial charge in [0.2, 0.25) is 5.91 Å². The Balaban J connectivity index is 1.67. The fourth-order valence-corrected chi connectivity index (χ4v) is 2.58. The molecule has 2 N–H and O–H groups in total. The van der Waals surface area contributed by atoms with Crippen LogP contribution in [0.3, 0.4) is 0 Å². The minimum Gasteiger partial charge on any atom is -0.361 e. The lowest BCUT2D eigenvalue weighted by atomic mass is 10.1. The molecule has 0 aliphatic carbocycles. The molecular formula is C17H14ClFN2O. The molecular weight excluding hydrogens is 303 g/mol. The van der Waals surface area contributed by atoms with E-state index in [1.165, 1.54) is 12.1 Å². The summed E-state index contributed by atoms with van der Waals surface area (Å²) in [7, 11) is 0. The predicted octanol–water partition coefficient (Wildman–Crippen LogP) is 3.82. The summed E-state index contributed by atoms with van der Waals surface area (Å²) in [5.41, 5.74) is 2.40. The van der Waals surface area contributed by atoms with Crippen molar-refractivity contribution in [3.8, 4) is 0 Å². The largest absolute Gasteiger partial charge is 0.361 e. The summed E-state index contributed by atoms with van der Waals surface area (Å²) in [4.78, 5) is 15.0. The number of hydrogen-bond donors (Lipinski definition) is 2. The minimum atomic E-state index is -0.302. The van der Waals surface area contributed by atoms with E-state index in [1.54, 1.807) is 18.3 Å². The Morgan fingerprint density at radius 3 is 2.82 bits per heavy atom. The Bertz CT molecular complexity index is 828. The maximum absolute atomic E-state index is 13.1. The third-order valence-electron chi connectivity index (χ3n) is 3.51. The second-order valence-electron chi connectivity index (χ2n) is 5.05. The molecule has 1 aromatic heterocycles. The molecule has 22 heavy (non-hydrogen) atoms. The molecule has 0 spiro atoms. The molecule has 0 fully saturated rings. The van der Waals surface area contributed by atoms with Crippen LogP contribution in [0.15, 0.2) is 48.7 Å². The molecule has 1 amide bonds. The number of aromatic amines is 1. The van der Waals surface area contributed by atoms with Crippen LogP contribution < -0.4 is 5.32 Å². The number of halogens is 2. The summed E-state index contributed by atoms with van der Waals surface area (Å²) in [5.74, 6) is -0.408. The Morgan fingerprint density at radius 1 is 1.18 bits per heavy atom. The average Bonchev–Trinajstić information content (AvgIpc) is 2.88. The normalized spacial score (nSPS) is 10.8. The second-order valence-corrected chi connectivity index (χ2v) is 5.46. The maximum Gasteiger partial charge on any atom is 0.224 e. The van der Waals surface area contributed by atoms with E-state index in [0.29, 0.717) is 17.1 Å². The molecule has 0 atom stereocenters. The molecule has 1 heterocycles. The molecule has 3 aromatic rings. The molecule has 2 aromatic carbocycles. The first-order valence-corrected chi connectivity index (χ1v) is 7.27. The zero-order valence-electron chi connectivity index (χ0n) is 11.7. The van der Waals surface area contributed by atoms with E-state index in [2.05, 4.69) is 10.3 Å². The fourth-order valence-electron chi connectivity index (χ4n) is 2.38. The second kappa shape index (κ2) is 6.20. The Hall–Kier alpha value is -2.33. The van der Waals surface area contributed by atoms with Crippen LogP contribution in [-0.4, -0.2) is 10.9 Å². The highest BCUT2D eigenvalue weighted by Crippen LogP contribution is 2.20. The molecule has 0 unspecified atom stereocenters. The van der Waals surface area contributed by atoms with Crippen LogP contribution >= 0.6 is 11.6 Å². The van der Waals surface area contributed by atoms with E-state index in [1.807, 2.05) is 18.2 Å². The third kappa shape index (κ3) is 3.12. The van der Waals surface area contributed by atoms with Crippen molar-refractivity contribution in [1.29, 1.82) is 0 Å². The number of carbonyl (C=O) groups is 1. The van der Waals surface area contributed by atoms with Gasteiger partial charge in [0, 0.05) is 28.7 Å². The molecule has 0 aliphatic heterocycles. The highest BCUT2D eigenvalue weighted by Gasteiger charge is 2.10. The van der Waals surface area contributed by atoms with Gasteiger partial charge < -0.3 is 10.3 Å². The highest BCUT2D eigenvalue weighted by atomic mass is 35.5. The van der Waals surface area contributed by atoms with Gasteiger partial charge in [0.05, 0.1) is 6.42 Å². The highest BCUT2D eigenvalue weighted by molar-refractivity contribution is 6.31. The molecule has 0 radical (unpaired) electrons.